The van der Waals surface area contributed by atoms with Gasteiger partial charge in [0.15, 0.2) is 0 Å². The summed E-state index contributed by atoms with van der Waals surface area (Å²) < 4.78 is 12.1. The van der Waals surface area contributed by atoms with Crippen LogP contribution in [-0.2, 0) is 19.3 Å². The maximum absolute atomic E-state index is 6.08. The number of fused-ring (bicyclic) bond motifs is 2. The Bertz CT molecular complexity index is 471. The first-order valence-corrected chi connectivity index (χ1v) is 7.32. The molecule has 0 fully saturated rings. The van der Waals surface area contributed by atoms with Crippen molar-refractivity contribution in [3.63, 3.8) is 0 Å². The molecule has 0 saturated carbocycles. The van der Waals surface area contributed by atoms with Crippen molar-refractivity contribution in [3.8, 4) is 11.5 Å². The highest BCUT2D eigenvalue weighted by atomic mass is 16.5. The molecular formula is C16H23NO2. The SMILES string of the molecule is Cc1c2c(c(CCCN)c3c1OC(C)C3)OC(C)C2. The molecule has 0 aliphatic carbocycles. The summed E-state index contributed by atoms with van der Waals surface area (Å²) in [5.74, 6) is 2.26. The minimum absolute atomic E-state index is 0.283. The Morgan fingerprint density at radius 3 is 2.37 bits per heavy atom. The number of nitrogens with two attached hydrogens (primary N) is 1. The molecule has 3 heteroatoms. The molecule has 3 nitrogen and oxygen atoms in total. The van der Waals surface area contributed by atoms with E-state index in [1.807, 2.05) is 0 Å². The Labute approximate surface area is 115 Å². The zero-order chi connectivity index (χ0) is 13.6. The highest BCUT2D eigenvalue weighted by molar-refractivity contribution is 5.62. The van der Waals surface area contributed by atoms with Crippen LogP contribution in [0.5, 0.6) is 11.5 Å². The summed E-state index contributed by atoms with van der Waals surface area (Å²) in [7, 11) is 0. The first-order chi connectivity index (χ1) is 9.11. The van der Waals surface area contributed by atoms with Gasteiger partial charge in [-0.15, -0.1) is 0 Å². The normalized spacial score (nSPS) is 23.8. The van der Waals surface area contributed by atoms with Crippen molar-refractivity contribution < 1.29 is 9.47 Å². The van der Waals surface area contributed by atoms with Crippen molar-refractivity contribution in [2.24, 2.45) is 5.73 Å². The molecule has 2 N–H and O–H groups in total. The fourth-order valence-electron chi connectivity index (χ4n) is 3.36. The minimum atomic E-state index is 0.283. The van der Waals surface area contributed by atoms with E-state index >= 15 is 0 Å². The van der Waals surface area contributed by atoms with Crippen molar-refractivity contribution >= 4 is 0 Å². The Morgan fingerprint density at radius 1 is 1.05 bits per heavy atom. The van der Waals surface area contributed by atoms with Gasteiger partial charge in [-0.1, -0.05) is 0 Å². The van der Waals surface area contributed by atoms with Crippen LogP contribution in [0.3, 0.4) is 0 Å². The molecule has 0 bridgehead atoms. The van der Waals surface area contributed by atoms with Crippen molar-refractivity contribution in [2.75, 3.05) is 6.54 Å². The Balaban J connectivity index is 2.12. The zero-order valence-corrected chi connectivity index (χ0v) is 12.1. The first kappa shape index (κ1) is 12.8. The maximum atomic E-state index is 6.08. The third-order valence-electron chi connectivity index (χ3n) is 4.23. The van der Waals surface area contributed by atoms with Crippen LogP contribution in [0, 0.1) is 6.92 Å². The molecule has 2 heterocycles. The molecule has 104 valence electrons. The number of hydrogen-bond donors (Lipinski definition) is 1. The van der Waals surface area contributed by atoms with E-state index < -0.39 is 0 Å². The van der Waals surface area contributed by atoms with Gasteiger partial charge in [0.2, 0.25) is 0 Å². The van der Waals surface area contributed by atoms with Gasteiger partial charge >= 0.3 is 0 Å². The van der Waals surface area contributed by atoms with E-state index in [4.69, 9.17) is 15.2 Å². The van der Waals surface area contributed by atoms with Crippen LogP contribution in [0.4, 0.5) is 0 Å². The topological polar surface area (TPSA) is 44.5 Å². The van der Waals surface area contributed by atoms with Crippen LogP contribution in [0.1, 0.15) is 42.5 Å². The van der Waals surface area contributed by atoms with E-state index in [0.29, 0.717) is 0 Å². The van der Waals surface area contributed by atoms with Gasteiger partial charge in [0.1, 0.15) is 23.7 Å². The third kappa shape index (κ3) is 2.00. The molecular weight excluding hydrogens is 238 g/mol. The molecule has 0 saturated heterocycles. The molecule has 1 aromatic rings. The Hall–Kier alpha value is -1.22. The summed E-state index contributed by atoms with van der Waals surface area (Å²) in [6.45, 7) is 7.18. The van der Waals surface area contributed by atoms with Crippen LogP contribution in [-0.4, -0.2) is 18.8 Å². The lowest BCUT2D eigenvalue weighted by atomic mass is 9.91. The predicted molar refractivity (Wildman–Crippen MR) is 76.1 cm³/mol. The van der Waals surface area contributed by atoms with Gasteiger partial charge in [0.25, 0.3) is 0 Å². The molecule has 0 amide bonds. The summed E-state index contributed by atoms with van der Waals surface area (Å²) in [4.78, 5) is 0. The molecule has 0 spiro atoms. The maximum Gasteiger partial charge on any atom is 0.127 e. The van der Waals surface area contributed by atoms with Gasteiger partial charge in [-0.05, 0) is 45.7 Å². The molecule has 2 atom stereocenters. The second-order valence-electron chi connectivity index (χ2n) is 5.88. The predicted octanol–water partition coefficient (Wildman–Crippen LogP) is 2.53. The largest absolute Gasteiger partial charge is 0.490 e. The average molecular weight is 261 g/mol. The molecule has 3 rings (SSSR count). The smallest absolute Gasteiger partial charge is 0.127 e. The monoisotopic (exact) mass is 261 g/mol. The van der Waals surface area contributed by atoms with E-state index in [9.17, 15) is 0 Å². The van der Waals surface area contributed by atoms with Crippen LogP contribution < -0.4 is 15.2 Å². The Kier molecular flexibility index (Phi) is 3.17. The standard InChI is InChI=1S/C16H23NO2/c1-9-7-13-11(3)15-14(8-10(2)18-15)12(5-4-6-17)16(13)19-9/h9-10H,4-8,17H2,1-3H3. The summed E-state index contributed by atoms with van der Waals surface area (Å²) in [5.41, 5.74) is 11.0. The number of benzene rings is 1. The summed E-state index contributed by atoms with van der Waals surface area (Å²) >= 11 is 0. The molecule has 1 aromatic carbocycles. The van der Waals surface area contributed by atoms with Gasteiger partial charge in [0, 0.05) is 29.5 Å². The van der Waals surface area contributed by atoms with Crippen LogP contribution >= 0.6 is 0 Å². The van der Waals surface area contributed by atoms with E-state index in [1.165, 1.54) is 22.3 Å². The van der Waals surface area contributed by atoms with E-state index in [0.717, 1.165) is 43.7 Å². The van der Waals surface area contributed by atoms with Crippen molar-refractivity contribution in [3.05, 3.63) is 22.3 Å². The van der Waals surface area contributed by atoms with Crippen molar-refractivity contribution in [1.82, 2.24) is 0 Å². The second kappa shape index (κ2) is 4.71. The second-order valence-corrected chi connectivity index (χ2v) is 5.88. The molecule has 19 heavy (non-hydrogen) atoms. The average Bonchev–Trinajstić information content (AvgIpc) is 2.93. The lowest BCUT2D eigenvalue weighted by molar-refractivity contribution is 0.251. The number of ether oxygens (including phenoxy) is 2. The highest BCUT2D eigenvalue weighted by Crippen LogP contribution is 2.46. The molecule has 2 aliphatic rings. The molecule has 0 radical (unpaired) electrons. The lowest BCUT2D eigenvalue weighted by Gasteiger charge is -2.15. The zero-order valence-electron chi connectivity index (χ0n) is 12.1. The van der Waals surface area contributed by atoms with Gasteiger partial charge in [-0.2, -0.15) is 0 Å². The minimum Gasteiger partial charge on any atom is -0.490 e. The van der Waals surface area contributed by atoms with Gasteiger partial charge in [0.05, 0.1) is 0 Å². The summed E-state index contributed by atoms with van der Waals surface area (Å²) in [6, 6.07) is 0. The molecule has 0 aromatic heterocycles. The third-order valence-corrected chi connectivity index (χ3v) is 4.23. The summed E-state index contributed by atoms with van der Waals surface area (Å²) in [6.07, 6.45) is 4.58. The quantitative estimate of drug-likeness (QED) is 0.909. The Morgan fingerprint density at radius 2 is 1.68 bits per heavy atom. The number of rotatable bonds is 3. The first-order valence-electron chi connectivity index (χ1n) is 7.32. The molecule has 2 aliphatic heterocycles. The summed E-state index contributed by atoms with van der Waals surface area (Å²) in [5, 5.41) is 0. The van der Waals surface area contributed by atoms with E-state index in [1.54, 1.807) is 0 Å². The van der Waals surface area contributed by atoms with Gasteiger partial charge in [-0.3, -0.25) is 0 Å². The fourth-order valence-corrected chi connectivity index (χ4v) is 3.36. The lowest BCUT2D eigenvalue weighted by Crippen LogP contribution is -2.08. The number of hydrogen-bond acceptors (Lipinski definition) is 3. The van der Waals surface area contributed by atoms with E-state index in [2.05, 4.69) is 20.8 Å². The van der Waals surface area contributed by atoms with Crippen LogP contribution in [0.2, 0.25) is 0 Å². The highest BCUT2D eigenvalue weighted by Gasteiger charge is 2.33. The fraction of sp³-hybridized carbons (Fsp3) is 0.625. The van der Waals surface area contributed by atoms with Gasteiger partial charge in [-0.25, -0.2) is 0 Å². The molecule has 2 unspecified atom stereocenters. The van der Waals surface area contributed by atoms with Crippen LogP contribution in [0.15, 0.2) is 0 Å². The van der Waals surface area contributed by atoms with E-state index in [-0.39, 0.29) is 12.2 Å². The van der Waals surface area contributed by atoms with Gasteiger partial charge < -0.3 is 15.2 Å². The van der Waals surface area contributed by atoms with Crippen molar-refractivity contribution in [2.45, 2.75) is 58.7 Å². The van der Waals surface area contributed by atoms with Crippen LogP contribution in [0.25, 0.3) is 0 Å². The van der Waals surface area contributed by atoms with Crippen molar-refractivity contribution in [1.29, 1.82) is 0 Å².